The fourth-order valence-corrected chi connectivity index (χ4v) is 3.66. The van der Waals surface area contributed by atoms with Gasteiger partial charge in [-0.1, -0.05) is 77.5 Å². The molecule has 4 rings (SSSR count). The molecule has 0 saturated heterocycles. The average Bonchev–Trinajstić information content (AvgIpc) is 3.17. The van der Waals surface area contributed by atoms with Crippen LogP contribution in [0.15, 0.2) is 78.9 Å². The predicted molar refractivity (Wildman–Crippen MR) is 114 cm³/mol. The zero-order valence-corrected chi connectivity index (χ0v) is 16.4. The zero-order valence-electron chi connectivity index (χ0n) is 14.8. The molecule has 0 fully saturated rings. The minimum Gasteiger partial charge on any atom is -0.296 e. The van der Waals surface area contributed by atoms with Crippen molar-refractivity contribution in [2.24, 2.45) is 0 Å². The third-order valence-corrected chi connectivity index (χ3v) is 5.30. The Hall–Kier alpha value is -3.02. The first-order valence-electron chi connectivity index (χ1n) is 8.71. The molecule has 0 unspecified atom stereocenters. The lowest BCUT2D eigenvalue weighted by atomic mass is 10.0. The molecule has 0 radical (unpaired) electrons. The summed E-state index contributed by atoms with van der Waals surface area (Å²) in [4.78, 5) is 12.5. The normalized spacial score (nSPS) is 10.6. The summed E-state index contributed by atoms with van der Waals surface area (Å²) in [5, 5.41) is 13.1. The maximum atomic E-state index is 12.5. The summed E-state index contributed by atoms with van der Waals surface area (Å²) < 4.78 is 0. The lowest BCUT2D eigenvalue weighted by Crippen LogP contribution is -2.11. The van der Waals surface area contributed by atoms with Gasteiger partial charge in [-0.25, -0.2) is 0 Å². The largest absolute Gasteiger partial charge is 0.296 e. The van der Waals surface area contributed by atoms with Crippen molar-refractivity contribution in [3.05, 3.63) is 100 Å². The van der Waals surface area contributed by atoms with Crippen LogP contribution in [0.3, 0.4) is 0 Å². The van der Waals surface area contributed by atoms with Crippen LogP contribution in [0, 0.1) is 0 Å². The Morgan fingerprint density at radius 2 is 1.54 bits per heavy atom. The maximum absolute atomic E-state index is 12.5. The Kier molecular flexibility index (Phi) is 5.46. The highest BCUT2D eigenvalue weighted by Crippen LogP contribution is 2.22. The van der Waals surface area contributed by atoms with E-state index in [4.69, 9.17) is 11.6 Å². The number of carbonyl (C=O) groups is 1. The van der Waals surface area contributed by atoms with Crippen molar-refractivity contribution in [3.8, 4) is 11.1 Å². The highest BCUT2D eigenvalue weighted by atomic mass is 35.5. The molecule has 1 amide bonds. The van der Waals surface area contributed by atoms with Crippen LogP contribution in [0.2, 0.25) is 5.02 Å². The molecule has 0 atom stereocenters. The number of hydrogen-bond acceptors (Lipinski definition) is 4. The Morgan fingerprint density at radius 3 is 2.25 bits per heavy atom. The van der Waals surface area contributed by atoms with Crippen molar-refractivity contribution in [3.63, 3.8) is 0 Å². The SMILES string of the molecule is O=C(Nc1nnc(Cc2ccc(Cl)cc2)s1)c1ccc(-c2ccccc2)cc1. The first kappa shape index (κ1) is 18.3. The zero-order chi connectivity index (χ0) is 19.3. The van der Waals surface area contributed by atoms with Gasteiger partial charge < -0.3 is 0 Å². The fraction of sp³-hybridized carbons (Fsp3) is 0.0455. The van der Waals surface area contributed by atoms with Crippen molar-refractivity contribution in [2.75, 3.05) is 5.32 Å². The van der Waals surface area contributed by atoms with Gasteiger partial charge in [0, 0.05) is 17.0 Å². The second-order valence-electron chi connectivity index (χ2n) is 6.20. The second-order valence-corrected chi connectivity index (χ2v) is 7.70. The van der Waals surface area contributed by atoms with Crippen LogP contribution < -0.4 is 5.32 Å². The Bertz CT molecular complexity index is 1080. The molecule has 0 aliphatic rings. The first-order chi connectivity index (χ1) is 13.7. The summed E-state index contributed by atoms with van der Waals surface area (Å²) in [6.45, 7) is 0. The summed E-state index contributed by atoms with van der Waals surface area (Å²) in [7, 11) is 0. The first-order valence-corrected chi connectivity index (χ1v) is 9.90. The molecule has 0 saturated carbocycles. The van der Waals surface area contributed by atoms with Crippen molar-refractivity contribution >= 4 is 34.0 Å². The average molecular weight is 406 g/mol. The van der Waals surface area contributed by atoms with Gasteiger partial charge in [-0.05, 0) is 41.0 Å². The van der Waals surface area contributed by atoms with Crippen LogP contribution in [0.1, 0.15) is 20.9 Å². The molecule has 1 N–H and O–H groups in total. The molecule has 4 aromatic rings. The molecular formula is C22H16ClN3OS. The van der Waals surface area contributed by atoms with E-state index in [0.29, 0.717) is 22.1 Å². The number of nitrogens with one attached hydrogen (secondary N) is 1. The van der Waals surface area contributed by atoms with Gasteiger partial charge in [-0.15, -0.1) is 10.2 Å². The van der Waals surface area contributed by atoms with Crippen LogP contribution in [0.4, 0.5) is 5.13 Å². The van der Waals surface area contributed by atoms with Crippen molar-refractivity contribution in [1.29, 1.82) is 0 Å². The molecule has 4 nitrogen and oxygen atoms in total. The molecule has 1 aromatic heterocycles. The number of halogens is 1. The molecule has 138 valence electrons. The Morgan fingerprint density at radius 1 is 0.857 bits per heavy atom. The summed E-state index contributed by atoms with van der Waals surface area (Å²) in [6.07, 6.45) is 0.649. The van der Waals surface area contributed by atoms with E-state index in [-0.39, 0.29) is 5.91 Å². The van der Waals surface area contributed by atoms with Gasteiger partial charge in [0.2, 0.25) is 5.13 Å². The topological polar surface area (TPSA) is 54.9 Å². The summed E-state index contributed by atoms with van der Waals surface area (Å²) in [5.41, 5.74) is 3.85. The van der Waals surface area contributed by atoms with E-state index in [0.717, 1.165) is 21.7 Å². The molecule has 0 bridgehead atoms. The number of anilines is 1. The van der Waals surface area contributed by atoms with E-state index in [9.17, 15) is 4.79 Å². The van der Waals surface area contributed by atoms with Crippen LogP contribution in [-0.4, -0.2) is 16.1 Å². The number of benzene rings is 3. The number of amides is 1. The van der Waals surface area contributed by atoms with E-state index in [1.54, 1.807) is 0 Å². The fourth-order valence-electron chi connectivity index (χ4n) is 2.77. The number of aromatic nitrogens is 2. The number of carbonyl (C=O) groups excluding carboxylic acids is 1. The van der Waals surface area contributed by atoms with Gasteiger partial charge in [0.05, 0.1) is 0 Å². The smallest absolute Gasteiger partial charge is 0.257 e. The number of hydrogen-bond donors (Lipinski definition) is 1. The van der Waals surface area contributed by atoms with Gasteiger partial charge >= 0.3 is 0 Å². The molecular weight excluding hydrogens is 390 g/mol. The second kappa shape index (κ2) is 8.33. The van der Waals surface area contributed by atoms with Crippen LogP contribution in [-0.2, 0) is 6.42 Å². The highest BCUT2D eigenvalue weighted by Gasteiger charge is 2.11. The standard InChI is InChI=1S/C22H16ClN3OS/c23-19-12-6-15(7-13-19)14-20-25-26-22(28-20)24-21(27)18-10-8-17(9-11-18)16-4-2-1-3-5-16/h1-13H,14H2,(H,24,26,27). The maximum Gasteiger partial charge on any atom is 0.257 e. The summed E-state index contributed by atoms with van der Waals surface area (Å²) in [6, 6.07) is 25.2. The molecule has 0 aliphatic heterocycles. The van der Waals surface area contributed by atoms with E-state index in [1.807, 2.05) is 78.9 Å². The molecule has 28 heavy (non-hydrogen) atoms. The van der Waals surface area contributed by atoms with Gasteiger partial charge in [0.25, 0.3) is 5.91 Å². The molecule has 0 spiro atoms. The van der Waals surface area contributed by atoms with Crippen LogP contribution >= 0.6 is 22.9 Å². The van der Waals surface area contributed by atoms with Crippen molar-refractivity contribution < 1.29 is 4.79 Å². The van der Waals surface area contributed by atoms with E-state index < -0.39 is 0 Å². The van der Waals surface area contributed by atoms with Gasteiger partial charge in [-0.3, -0.25) is 10.1 Å². The third kappa shape index (κ3) is 4.44. The third-order valence-electron chi connectivity index (χ3n) is 4.21. The minimum absolute atomic E-state index is 0.200. The summed E-state index contributed by atoms with van der Waals surface area (Å²) >= 11 is 7.27. The van der Waals surface area contributed by atoms with E-state index >= 15 is 0 Å². The van der Waals surface area contributed by atoms with Crippen molar-refractivity contribution in [1.82, 2.24) is 10.2 Å². The van der Waals surface area contributed by atoms with Crippen molar-refractivity contribution in [2.45, 2.75) is 6.42 Å². The number of rotatable bonds is 5. The van der Waals surface area contributed by atoms with Crippen LogP contribution in [0.5, 0.6) is 0 Å². The molecule has 6 heteroatoms. The van der Waals surface area contributed by atoms with Gasteiger partial charge in [0.15, 0.2) is 0 Å². The van der Waals surface area contributed by atoms with E-state index in [1.165, 1.54) is 11.3 Å². The Labute approximate surface area is 171 Å². The van der Waals surface area contributed by atoms with Crippen LogP contribution in [0.25, 0.3) is 11.1 Å². The lowest BCUT2D eigenvalue weighted by molar-refractivity contribution is 0.102. The monoisotopic (exact) mass is 405 g/mol. The lowest BCUT2D eigenvalue weighted by Gasteiger charge is -2.04. The number of nitrogens with zero attached hydrogens (tertiary/aromatic N) is 2. The summed E-state index contributed by atoms with van der Waals surface area (Å²) in [5.74, 6) is -0.200. The minimum atomic E-state index is -0.200. The van der Waals surface area contributed by atoms with Gasteiger partial charge in [0.1, 0.15) is 5.01 Å². The molecule has 0 aliphatic carbocycles. The molecule has 1 heterocycles. The van der Waals surface area contributed by atoms with Gasteiger partial charge in [-0.2, -0.15) is 0 Å². The highest BCUT2D eigenvalue weighted by molar-refractivity contribution is 7.15. The predicted octanol–water partition coefficient (Wildman–Crippen LogP) is 5.70. The van der Waals surface area contributed by atoms with E-state index in [2.05, 4.69) is 15.5 Å². The quantitative estimate of drug-likeness (QED) is 0.463. The molecule has 3 aromatic carbocycles. The Balaban J connectivity index is 1.41.